The summed E-state index contributed by atoms with van der Waals surface area (Å²) in [6.45, 7) is 2.57. The number of anilines is 1. The molecule has 7 nitrogen and oxygen atoms in total. The van der Waals surface area contributed by atoms with Crippen molar-refractivity contribution in [3.63, 3.8) is 0 Å². The maximum absolute atomic E-state index is 12.3. The van der Waals surface area contributed by atoms with E-state index in [1.54, 1.807) is 6.20 Å². The molecule has 2 aromatic carbocycles. The van der Waals surface area contributed by atoms with Crippen LogP contribution in [0.4, 0.5) is 5.82 Å². The van der Waals surface area contributed by atoms with Crippen LogP contribution in [0.5, 0.6) is 0 Å². The lowest BCUT2D eigenvalue weighted by atomic mass is 10.1. The Morgan fingerprint density at radius 3 is 2.47 bits per heavy atom. The van der Waals surface area contributed by atoms with Gasteiger partial charge in [0, 0.05) is 25.0 Å². The summed E-state index contributed by atoms with van der Waals surface area (Å²) < 4.78 is 0. The minimum absolute atomic E-state index is 0.0374. The first kappa shape index (κ1) is 21.4. The van der Waals surface area contributed by atoms with Crippen molar-refractivity contribution in [2.45, 2.75) is 32.2 Å². The quantitative estimate of drug-likeness (QED) is 0.378. The molecule has 1 amide bonds. The first-order valence-corrected chi connectivity index (χ1v) is 10.7. The van der Waals surface area contributed by atoms with E-state index in [0.717, 1.165) is 28.2 Å². The normalized spacial score (nSPS) is 15.8. The highest BCUT2D eigenvalue weighted by atomic mass is 16.1. The number of pyridine rings is 1. The van der Waals surface area contributed by atoms with Crippen LogP contribution in [0, 0.1) is 0 Å². The molecule has 4 rings (SSSR count). The van der Waals surface area contributed by atoms with Gasteiger partial charge in [-0.1, -0.05) is 60.7 Å². The topological polar surface area (TPSA) is 104 Å². The van der Waals surface area contributed by atoms with E-state index in [9.17, 15) is 4.79 Å². The van der Waals surface area contributed by atoms with Crippen LogP contribution in [0.1, 0.15) is 35.2 Å². The maximum atomic E-state index is 12.3. The van der Waals surface area contributed by atoms with E-state index in [2.05, 4.69) is 45.3 Å². The zero-order chi connectivity index (χ0) is 22.3. The molecule has 0 spiro atoms. The van der Waals surface area contributed by atoms with Crippen molar-refractivity contribution >= 4 is 17.4 Å². The molecule has 1 aliphatic heterocycles. The fourth-order valence-corrected chi connectivity index (χ4v) is 3.50. The Bertz CT molecular complexity index is 1060. The number of nitrogens with two attached hydrogens (primary N) is 1. The molecule has 2 atom stereocenters. The smallest absolute Gasteiger partial charge is 0.224 e. The Morgan fingerprint density at radius 1 is 1.06 bits per heavy atom. The van der Waals surface area contributed by atoms with E-state index in [0.29, 0.717) is 13.0 Å². The predicted octanol–water partition coefficient (Wildman–Crippen LogP) is 2.85. The second kappa shape index (κ2) is 9.98. The fourth-order valence-electron chi connectivity index (χ4n) is 3.50. The molecule has 0 radical (unpaired) electrons. The van der Waals surface area contributed by atoms with Crippen LogP contribution in [0.25, 0.3) is 5.70 Å². The van der Waals surface area contributed by atoms with Gasteiger partial charge in [0.05, 0.1) is 12.1 Å². The van der Waals surface area contributed by atoms with Gasteiger partial charge in [0.1, 0.15) is 12.1 Å². The highest BCUT2D eigenvalue weighted by molar-refractivity contribution is 5.78. The SMILES string of the molecule is CC(Nc1ccc(CC(=O)NCc2ccc(C3=CNC(N)N3)cc2)cn1)c1ccccc1. The van der Waals surface area contributed by atoms with Gasteiger partial charge in [0.2, 0.25) is 5.91 Å². The van der Waals surface area contributed by atoms with Crippen molar-refractivity contribution in [3.8, 4) is 0 Å². The number of nitrogens with zero attached hydrogens (tertiary/aromatic N) is 1. The molecule has 1 aliphatic rings. The summed E-state index contributed by atoms with van der Waals surface area (Å²) >= 11 is 0. The third-order valence-electron chi connectivity index (χ3n) is 5.33. The van der Waals surface area contributed by atoms with Gasteiger partial charge in [-0.15, -0.1) is 0 Å². The molecule has 2 unspecified atom stereocenters. The summed E-state index contributed by atoms with van der Waals surface area (Å²) in [7, 11) is 0. The molecule has 0 aliphatic carbocycles. The second-order valence-electron chi connectivity index (χ2n) is 7.83. The van der Waals surface area contributed by atoms with Gasteiger partial charge in [0.15, 0.2) is 0 Å². The van der Waals surface area contributed by atoms with Crippen LogP contribution < -0.4 is 27.0 Å². The Kier molecular flexibility index (Phi) is 6.67. The van der Waals surface area contributed by atoms with Crippen LogP contribution in [0.2, 0.25) is 0 Å². The van der Waals surface area contributed by atoms with Crippen LogP contribution in [0.3, 0.4) is 0 Å². The standard InChI is InChI=1S/C25H28N6O/c1-17(20-5-3-2-4-6-20)30-23-12-9-19(15-27-23)13-24(32)28-14-18-7-10-21(11-8-18)22-16-29-25(26)31-22/h2-12,15-17,25,29,31H,13-14,26H2,1H3,(H,27,30)(H,28,32). The molecule has 2 heterocycles. The zero-order valence-corrected chi connectivity index (χ0v) is 18.0. The number of aromatic nitrogens is 1. The van der Waals surface area contributed by atoms with Crippen molar-refractivity contribution in [2.75, 3.05) is 5.32 Å². The fraction of sp³-hybridized carbons (Fsp3) is 0.200. The van der Waals surface area contributed by atoms with Crippen LogP contribution in [-0.2, 0) is 17.8 Å². The Labute approximate surface area is 188 Å². The second-order valence-corrected chi connectivity index (χ2v) is 7.83. The van der Waals surface area contributed by atoms with Gasteiger partial charge in [-0.2, -0.15) is 0 Å². The Morgan fingerprint density at radius 2 is 1.81 bits per heavy atom. The average molecular weight is 429 g/mol. The summed E-state index contributed by atoms with van der Waals surface area (Å²) in [4.78, 5) is 16.8. The number of carbonyl (C=O) groups excluding carboxylic acids is 1. The maximum Gasteiger partial charge on any atom is 0.224 e. The Balaban J connectivity index is 1.24. The molecule has 0 bridgehead atoms. The number of rotatable bonds is 8. The number of hydrogen-bond acceptors (Lipinski definition) is 6. The van der Waals surface area contributed by atoms with Gasteiger partial charge in [-0.3, -0.25) is 10.5 Å². The van der Waals surface area contributed by atoms with Gasteiger partial charge in [-0.05, 0) is 35.2 Å². The number of nitrogens with one attached hydrogen (secondary N) is 4. The number of amides is 1. The molecule has 6 N–H and O–H groups in total. The van der Waals surface area contributed by atoms with Gasteiger partial charge >= 0.3 is 0 Å². The van der Waals surface area contributed by atoms with E-state index in [-0.39, 0.29) is 18.2 Å². The van der Waals surface area contributed by atoms with Crippen molar-refractivity contribution in [1.29, 1.82) is 0 Å². The third-order valence-corrected chi connectivity index (χ3v) is 5.33. The Hall–Kier alpha value is -3.84. The summed E-state index contributed by atoms with van der Waals surface area (Å²) in [5.74, 6) is 0.748. The molecule has 164 valence electrons. The van der Waals surface area contributed by atoms with Gasteiger partial charge < -0.3 is 21.3 Å². The van der Waals surface area contributed by atoms with E-state index in [1.807, 2.05) is 60.8 Å². The molecular formula is C25H28N6O. The number of benzene rings is 2. The van der Waals surface area contributed by atoms with Crippen molar-refractivity contribution in [1.82, 2.24) is 20.9 Å². The molecular weight excluding hydrogens is 400 g/mol. The summed E-state index contributed by atoms with van der Waals surface area (Å²) in [6, 6.07) is 22.2. The molecule has 0 saturated carbocycles. The lowest BCUT2D eigenvalue weighted by Gasteiger charge is -2.15. The highest BCUT2D eigenvalue weighted by Crippen LogP contribution is 2.18. The largest absolute Gasteiger partial charge is 0.364 e. The molecule has 0 fully saturated rings. The van der Waals surface area contributed by atoms with Crippen LogP contribution in [-0.4, -0.2) is 17.2 Å². The van der Waals surface area contributed by atoms with Crippen molar-refractivity contribution in [2.24, 2.45) is 5.73 Å². The molecule has 0 saturated heterocycles. The van der Waals surface area contributed by atoms with Crippen LogP contribution in [0.15, 0.2) is 79.1 Å². The van der Waals surface area contributed by atoms with E-state index in [4.69, 9.17) is 5.73 Å². The van der Waals surface area contributed by atoms with E-state index < -0.39 is 0 Å². The van der Waals surface area contributed by atoms with Crippen molar-refractivity contribution < 1.29 is 4.79 Å². The van der Waals surface area contributed by atoms with E-state index in [1.165, 1.54) is 5.56 Å². The number of carbonyl (C=O) groups is 1. The van der Waals surface area contributed by atoms with Crippen LogP contribution >= 0.6 is 0 Å². The molecule has 3 aromatic rings. The highest BCUT2D eigenvalue weighted by Gasteiger charge is 2.12. The summed E-state index contributed by atoms with van der Waals surface area (Å²) in [5, 5.41) is 12.5. The van der Waals surface area contributed by atoms with Crippen molar-refractivity contribution in [3.05, 3.63) is 101 Å². The predicted molar refractivity (Wildman–Crippen MR) is 127 cm³/mol. The molecule has 1 aromatic heterocycles. The summed E-state index contributed by atoms with van der Waals surface area (Å²) in [5.41, 5.74) is 10.9. The monoisotopic (exact) mass is 428 g/mol. The van der Waals surface area contributed by atoms with E-state index >= 15 is 0 Å². The molecule has 7 heteroatoms. The van der Waals surface area contributed by atoms with Gasteiger partial charge in [0.25, 0.3) is 0 Å². The zero-order valence-electron chi connectivity index (χ0n) is 18.0. The first-order valence-electron chi connectivity index (χ1n) is 10.7. The molecule has 32 heavy (non-hydrogen) atoms. The lowest BCUT2D eigenvalue weighted by Crippen LogP contribution is -2.40. The summed E-state index contributed by atoms with van der Waals surface area (Å²) in [6.07, 6.45) is 3.64. The number of hydrogen-bond donors (Lipinski definition) is 5. The van der Waals surface area contributed by atoms with Gasteiger partial charge in [-0.25, -0.2) is 4.98 Å². The lowest BCUT2D eigenvalue weighted by molar-refractivity contribution is -0.120. The minimum Gasteiger partial charge on any atom is -0.364 e. The first-order chi connectivity index (χ1) is 15.6. The average Bonchev–Trinajstić information content (AvgIpc) is 3.26. The third kappa shape index (κ3) is 5.65. The minimum atomic E-state index is -0.254.